The molecule has 0 saturated carbocycles. The van der Waals surface area contributed by atoms with Crippen molar-refractivity contribution >= 4 is 17.6 Å². The van der Waals surface area contributed by atoms with Crippen LogP contribution in [0.4, 0.5) is 5.69 Å². The number of hydrogen-bond donors (Lipinski definition) is 3. The van der Waals surface area contributed by atoms with E-state index in [0.717, 1.165) is 11.4 Å². The van der Waals surface area contributed by atoms with Crippen LogP contribution in [0.2, 0.25) is 0 Å². The Kier molecular flexibility index (Phi) is 5.50. The molecule has 0 atom stereocenters. The molecular formula is C12H18N4O2. The number of methoxy groups -OCH3 is 1. The molecule has 1 rings (SSSR count). The topological polar surface area (TPSA) is 88.7 Å². The molecule has 0 bridgehead atoms. The van der Waals surface area contributed by atoms with Crippen LogP contribution in [0.15, 0.2) is 29.3 Å². The third kappa shape index (κ3) is 4.73. The van der Waals surface area contributed by atoms with Crippen molar-refractivity contribution in [2.45, 2.75) is 6.92 Å². The fourth-order valence-corrected chi connectivity index (χ4v) is 1.27. The second-order valence-electron chi connectivity index (χ2n) is 3.51. The van der Waals surface area contributed by atoms with E-state index in [0.29, 0.717) is 6.54 Å². The fourth-order valence-electron chi connectivity index (χ4n) is 1.27. The molecular weight excluding hydrogens is 232 g/mol. The number of benzene rings is 1. The summed E-state index contributed by atoms with van der Waals surface area (Å²) in [6.45, 7) is 2.45. The molecule has 6 heteroatoms. The van der Waals surface area contributed by atoms with Crippen LogP contribution in [0.25, 0.3) is 0 Å². The van der Waals surface area contributed by atoms with Gasteiger partial charge in [-0.2, -0.15) is 0 Å². The van der Waals surface area contributed by atoms with E-state index in [9.17, 15) is 4.79 Å². The molecule has 0 saturated heterocycles. The molecule has 0 aliphatic carbocycles. The largest absolute Gasteiger partial charge is 0.497 e. The Hall–Kier alpha value is -2.24. The van der Waals surface area contributed by atoms with Crippen LogP contribution >= 0.6 is 0 Å². The third-order valence-electron chi connectivity index (χ3n) is 2.13. The zero-order valence-corrected chi connectivity index (χ0v) is 10.6. The Morgan fingerprint density at radius 3 is 2.61 bits per heavy atom. The molecule has 0 aliphatic rings. The normalized spacial score (nSPS) is 10.9. The van der Waals surface area contributed by atoms with Crippen molar-refractivity contribution < 1.29 is 9.53 Å². The lowest BCUT2D eigenvalue weighted by molar-refractivity contribution is -0.119. The molecule has 1 aromatic rings. The standard InChI is InChI=1S/C12H18N4O2/c1-3-14-11(17)8-15-12(13)16-9-4-6-10(18-2)7-5-9/h4-7H,3,8H2,1-2H3,(H,14,17)(H3,13,15,16). The lowest BCUT2D eigenvalue weighted by Crippen LogP contribution is -2.28. The molecule has 18 heavy (non-hydrogen) atoms. The van der Waals surface area contributed by atoms with Crippen molar-refractivity contribution in [3.8, 4) is 5.75 Å². The van der Waals surface area contributed by atoms with Crippen molar-refractivity contribution in [1.29, 1.82) is 0 Å². The van der Waals surface area contributed by atoms with Crippen molar-refractivity contribution in [2.75, 3.05) is 25.5 Å². The minimum absolute atomic E-state index is 0.0167. The summed E-state index contributed by atoms with van der Waals surface area (Å²) in [5.74, 6) is 0.807. The maximum atomic E-state index is 11.2. The number of rotatable bonds is 5. The maximum absolute atomic E-state index is 11.2. The molecule has 98 valence electrons. The number of amides is 1. The van der Waals surface area contributed by atoms with Gasteiger partial charge in [-0.15, -0.1) is 0 Å². The Labute approximate surface area is 106 Å². The van der Waals surface area contributed by atoms with E-state index < -0.39 is 0 Å². The number of ether oxygens (including phenoxy) is 1. The number of carbonyl (C=O) groups excluding carboxylic acids is 1. The predicted molar refractivity (Wildman–Crippen MR) is 71.8 cm³/mol. The molecule has 0 spiro atoms. The number of nitrogens with two attached hydrogens (primary N) is 1. The van der Waals surface area contributed by atoms with Gasteiger partial charge in [0.25, 0.3) is 0 Å². The summed E-state index contributed by atoms with van der Waals surface area (Å²) in [5, 5.41) is 5.52. The summed E-state index contributed by atoms with van der Waals surface area (Å²) >= 11 is 0. The van der Waals surface area contributed by atoms with E-state index in [4.69, 9.17) is 10.5 Å². The summed E-state index contributed by atoms with van der Waals surface area (Å²) in [4.78, 5) is 15.1. The Morgan fingerprint density at radius 1 is 1.39 bits per heavy atom. The number of nitrogens with one attached hydrogen (secondary N) is 2. The molecule has 1 amide bonds. The van der Waals surface area contributed by atoms with E-state index >= 15 is 0 Å². The zero-order valence-electron chi connectivity index (χ0n) is 10.6. The molecule has 4 N–H and O–H groups in total. The van der Waals surface area contributed by atoms with Crippen LogP contribution < -0.4 is 21.1 Å². The van der Waals surface area contributed by atoms with Crippen LogP contribution in [0, 0.1) is 0 Å². The van der Waals surface area contributed by atoms with Gasteiger partial charge in [0, 0.05) is 12.2 Å². The molecule has 1 aromatic carbocycles. The molecule has 6 nitrogen and oxygen atoms in total. The highest BCUT2D eigenvalue weighted by molar-refractivity contribution is 5.93. The average Bonchev–Trinajstić information content (AvgIpc) is 2.38. The van der Waals surface area contributed by atoms with Gasteiger partial charge in [-0.3, -0.25) is 4.79 Å². The zero-order chi connectivity index (χ0) is 13.4. The first-order valence-corrected chi connectivity index (χ1v) is 5.63. The maximum Gasteiger partial charge on any atom is 0.241 e. The number of carbonyl (C=O) groups is 1. The Bertz CT molecular complexity index is 415. The van der Waals surface area contributed by atoms with Gasteiger partial charge >= 0.3 is 0 Å². The van der Waals surface area contributed by atoms with Crippen molar-refractivity contribution in [1.82, 2.24) is 5.32 Å². The lowest BCUT2D eigenvalue weighted by atomic mass is 10.3. The smallest absolute Gasteiger partial charge is 0.241 e. The van der Waals surface area contributed by atoms with Crippen LogP contribution in [0.5, 0.6) is 5.75 Å². The fraction of sp³-hybridized carbons (Fsp3) is 0.333. The number of anilines is 1. The number of nitrogens with zero attached hydrogens (tertiary/aromatic N) is 1. The van der Waals surface area contributed by atoms with Gasteiger partial charge in [-0.25, -0.2) is 4.99 Å². The SMILES string of the molecule is CCNC(=O)CN=C(N)Nc1ccc(OC)cc1. The Balaban J connectivity index is 2.49. The second kappa shape index (κ2) is 7.16. The highest BCUT2D eigenvalue weighted by Gasteiger charge is 1.99. The Morgan fingerprint density at radius 2 is 2.06 bits per heavy atom. The van der Waals surface area contributed by atoms with Crippen molar-refractivity contribution in [3.05, 3.63) is 24.3 Å². The summed E-state index contributed by atoms with van der Waals surface area (Å²) in [7, 11) is 1.60. The van der Waals surface area contributed by atoms with Gasteiger partial charge in [0.1, 0.15) is 12.3 Å². The monoisotopic (exact) mass is 250 g/mol. The molecule has 0 heterocycles. The number of likely N-dealkylation sites (N-methyl/N-ethyl adjacent to an activating group) is 1. The van der Waals surface area contributed by atoms with Gasteiger partial charge in [-0.1, -0.05) is 0 Å². The molecule has 0 fully saturated rings. The van der Waals surface area contributed by atoms with Gasteiger partial charge < -0.3 is 21.1 Å². The molecule has 0 unspecified atom stereocenters. The number of hydrogen-bond acceptors (Lipinski definition) is 3. The van der Waals surface area contributed by atoms with Crippen molar-refractivity contribution in [3.63, 3.8) is 0 Å². The van der Waals surface area contributed by atoms with E-state index in [1.165, 1.54) is 0 Å². The minimum atomic E-state index is -0.156. The van der Waals surface area contributed by atoms with E-state index in [-0.39, 0.29) is 18.4 Å². The third-order valence-corrected chi connectivity index (χ3v) is 2.13. The number of guanidine groups is 1. The second-order valence-corrected chi connectivity index (χ2v) is 3.51. The average molecular weight is 250 g/mol. The van der Waals surface area contributed by atoms with E-state index in [1.807, 2.05) is 19.1 Å². The highest BCUT2D eigenvalue weighted by atomic mass is 16.5. The lowest BCUT2D eigenvalue weighted by Gasteiger charge is -2.06. The summed E-state index contributed by atoms with van der Waals surface area (Å²) in [6.07, 6.45) is 0. The van der Waals surface area contributed by atoms with Crippen molar-refractivity contribution in [2.24, 2.45) is 10.7 Å². The van der Waals surface area contributed by atoms with Gasteiger partial charge in [-0.05, 0) is 31.2 Å². The van der Waals surface area contributed by atoms with Gasteiger partial charge in [0.2, 0.25) is 5.91 Å². The minimum Gasteiger partial charge on any atom is -0.497 e. The quantitative estimate of drug-likeness (QED) is 0.526. The van der Waals surface area contributed by atoms with Gasteiger partial charge in [0.15, 0.2) is 5.96 Å². The number of aliphatic imine (C=N–C) groups is 1. The molecule has 0 radical (unpaired) electrons. The summed E-state index contributed by atoms with van der Waals surface area (Å²) < 4.78 is 5.04. The first-order chi connectivity index (χ1) is 8.65. The van der Waals surface area contributed by atoms with E-state index in [1.54, 1.807) is 19.2 Å². The molecule has 0 aromatic heterocycles. The predicted octanol–water partition coefficient (Wildman–Crippen LogP) is 0.558. The van der Waals surface area contributed by atoms with E-state index in [2.05, 4.69) is 15.6 Å². The highest BCUT2D eigenvalue weighted by Crippen LogP contribution is 2.14. The first-order valence-electron chi connectivity index (χ1n) is 5.63. The summed E-state index contributed by atoms with van der Waals surface area (Å²) in [5.41, 5.74) is 6.43. The van der Waals surface area contributed by atoms with Gasteiger partial charge in [0.05, 0.1) is 7.11 Å². The van der Waals surface area contributed by atoms with Crippen LogP contribution in [0.3, 0.4) is 0 Å². The first kappa shape index (κ1) is 13.8. The summed E-state index contributed by atoms with van der Waals surface area (Å²) in [6, 6.07) is 7.24. The molecule has 0 aliphatic heterocycles. The van der Waals surface area contributed by atoms with Crippen LogP contribution in [-0.4, -0.2) is 32.1 Å². The van der Waals surface area contributed by atoms with Crippen LogP contribution in [-0.2, 0) is 4.79 Å². The van der Waals surface area contributed by atoms with Crippen LogP contribution in [0.1, 0.15) is 6.92 Å².